The molecule has 0 spiro atoms. The summed E-state index contributed by atoms with van der Waals surface area (Å²) in [6.07, 6.45) is 0. The summed E-state index contributed by atoms with van der Waals surface area (Å²) >= 11 is 4.21. The van der Waals surface area contributed by atoms with Crippen molar-refractivity contribution in [1.82, 2.24) is 4.98 Å². The molecule has 0 aliphatic heterocycles. The highest BCUT2D eigenvalue weighted by atomic mass is 79.9. The van der Waals surface area contributed by atoms with Gasteiger partial charge >= 0.3 is 5.97 Å². The Balaban J connectivity index is 2.54. The molecule has 6 heteroatoms. The summed E-state index contributed by atoms with van der Waals surface area (Å²) in [6, 6.07) is 4.47. The summed E-state index contributed by atoms with van der Waals surface area (Å²) in [5.41, 5.74) is 1.89. The lowest BCUT2D eigenvalue weighted by molar-refractivity contribution is 0.0692. The van der Waals surface area contributed by atoms with Crippen LogP contribution in [0.3, 0.4) is 0 Å². The first kappa shape index (κ1) is 11.2. The van der Waals surface area contributed by atoms with Gasteiger partial charge in [0.25, 0.3) is 0 Å². The fourth-order valence-corrected chi connectivity index (χ4v) is 2.27. The van der Waals surface area contributed by atoms with Crippen LogP contribution in [0.1, 0.15) is 10.5 Å². The van der Waals surface area contributed by atoms with Crippen LogP contribution in [0, 0.1) is 5.82 Å². The molecule has 1 N–H and O–H groups in total. The van der Waals surface area contributed by atoms with Crippen LogP contribution < -0.4 is 0 Å². The van der Waals surface area contributed by atoms with Crippen molar-refractivity contribution in [2.75, 3.05) is 0 Å². The van der Waals surface area contributed by atoms with Crippen molar-refractivity contribution in [3.8, 4) is 10.4 Å². The number of rotatable bonds is 2. The van der Waals surface area contributed by atoms with Crippen LogP contribution in [0.15, 0.2) is 28.2 Å². The minimum absolute atomic E-state index is 0.0493. The van der Waals surface area contributed by atoms with Gasteiger partial charge in [-0.1, -0.05) is 6.07 Å². The van der Waals surface area contributed by atoms with Gasteiger partial charge in [0.2, 0.25) is 0 Å². The molecule has 0 saturated carbocycles. The second-order valence-corrected chi connectivity index (χ2v) is 4.67. The van der Waals surface area contributed by atoms with Crippen molar-refractivity contribution < 1.29 is 14.3 Å². The Morgan fingerprint density at radius 2 is 2.25 bits per heavy atom. The van der Waals surface area contributed by atoms with Crippen molar-refractivity contribution in [2.24, 2.45) is 0 Å². The lowest BCUT2D eigenvalue weighted by Gasteiger charge is -2.00. The first-order chi connectivity index (χ1) is 7.59. The number of aromatic nitrogens is 1. The number of hydrogen-bond donors (Lipinski definition) is 1. The Labute approximate surface area is 103 Å². The number of thiazole rings is 1. The topological polar surface area (TPSA) is 50.2 Å². The summed E-state index contributed by atoms with van der Waals surface area (Å²) in [5.74, 6) is -1.54. The van der Waals surface area contributed by atoms with Gasteiger partial charge in [0, 0.05) is 0 Å². The number of halogens is 2. The van der Waals surface area contributed by atoms with Crippen molar-refractivity contribution in [2.45, 2.75) is 0 Å². The first-order valence-electron chi connectivity index (χ1n) is 4.22. The molecule has 0 fully saturated rings. The third kappa shape index (κ3) is 1.98. The number of carbonyl (C=O) groups is 1. The largest absolute Gasteiger partial charge is 0.476 e. The predicted molar refractivity (Wildman–Crippen MR) is 62.2 cm³/mol. The molecule has 0 amide bonds. The Hall–Kier alpha value is -1.27. The molecular formula is C10H5BrFNO2S. The molecule has 82 valence electrons. The molecule has 0 radical (unpaired) electrons. The van der Waals surface area contributed by atoms with Crippen LogP contribution in [0.25, 0.3) is 10.4 Å². The van der Waals surface area contributed by atoms with E-state index in [1.807, 2.05) is 0 Å². The third-order valence-electron chi connectivity index (χ3n) is 1.95. The van der Waals surface area contributed by atoms with Crippen molar-refractivity contribution in [3.05, 3.63) is 39.7 Å². The van der Waals surface area contributed by atoms with E-state index in [9.17, 15) is 9.18 Å². The van der Waals surface area contributed by atoms with E-state index in [1.54, 1.807) is 6.07 Å². The minimum atomic E-state index is -1.11. The summed E-state index contributed by atoms with van der Waals surface area (Å²) in [4.78, 5) is 15.0. The Morgan fingerprint density at radius 1 is 1.50 bits per heavy atom. The lowest BCUT2D eigenvalue weighted by Crippen LogP contribution is -1.98. The molecule has 16 heavy (non-hydrogen) atoms. The molecular weight excluding hydrogens is 297 g/mol. The average molecular weight is 302 g/mol. The third-order valence-corrected chi connectivity index (χ3v) is 3.47. The van der Waals surface area contributed by atoms with Crippen molar-refractivity contribution >= 4 is 33.2 Å². The standard InChI is InChI=1S/C10H5BrFNO2S/c11-6-2-1-5(3-7(6)12)9-8(10(14)15)13-4-16-9/h1-4H,(H,14,15). The number of hydrogen-bond acceptors (Lipinski definition) is 3. The van der Waals surface area contributed by atoms with Crippen LogP contribution in [-0.2, 0) is 0 Å². The van der Waals surface area contributed by atoms with E-state index < -0.39 is 11.8 Å². The van der Waals surface area contributed by atoms with Crippen LogP contribution in [-0.4, -0.2) is 16.1 Å². The zero-order valence-electron chi connectivity index (χ0n) is 7.78. The average Bonchev–Trinajstić information content (AvgIpc) is 2.71. The second kappa shape index (κ2) is 4.31. The molecule has 0 aliphatic rings. The van der Waals surface area contributed by atoms with Crippen molar-refractivity contribution in [1.29, 1.82) is 0 Å². The lowest BCUT2D eigenvalue weighted by atomic mass is 10.1. The fourth-order valence-electron chi connectivity index (χ4n) is 1.24. The Bertz CT molecular complexity index is 556. The number of carboxylic acid groups (broad SMARTS) is 1. The molecule has 3 nitrogen and oxygen atoms in total. The summed E-state index contributed by atoms with van der Waals surface area (Å²) < 4.78 is 13.6. The number of aromatic carboxylic acids is 1. The van der Waals surface area contributed by atoms with Gasteiger partial charge in [-0.3, -0.25) is 0 Å². The maximum Gasteiger partial charge on any atom is 0.356 e. The molecule has 1 aromatic heterocycles. The van der Waals surface area contributed by atoms with Gasteiger partial charge in [-0.05, 0) is 33.6 Å². The molecule has 0 bridgehead atoms. The molecule has 2 rings (SSSR count). The molecule has 1 aromatic carbocycles. The monoisotopic (exact) mass is 301 g/mol. The summed E-state index contributed by atoms with van der Waals surface area (Å²) in [5, 5.41) is 8.88. The SMILES string of the molecule is O=C(O)c1ncsc1-c1ccc(Br)c(F)c1. The quantitative estimate of drug-likeness (QED) is 0.925. The molecule has 0 unspecified atom stereocenters. The van der Waals surface area contributed by atoms with E-state index in [4.69, 9.17) is 5.11 Å². The van der Waals surface area contributed by atoms with E-state index in [0.29, 0.717) is 14.9 Å². The highest BCUT2D eigenvalue weighted by molar-refractivity contribution is 9.10. The minimum Gasteiger partial charge on any atom is -0.476 e. The van der Waals surface area contributed by atoms with Gasteiger partial charge < -0.3 is 5.11 Å². The highest BCUT2D eigenvalue weighted by Gasteiger charge is 2.15. The van der Waals surface area contributed by atoms with Gasteiger partial charge in [0.1, 0.15) is 5.82 Å². The molecule has 1 heterocycles. The highest BCUT2D eigenvalue weighted by Crippen LogP contribution is 2.30. The molecule has 0 aliphatic carbocycles. The van der Waals surface area contributed by atoms with Crippen LogP contribution in [0.5, 0.6) is 0 Å². The van der Waals surface area contributed by atoms with Gasteiger partial charge in [0.05, 0.1) is 14.9 Å². The fraction of sp³-hybridized carbons (Fsp3) is 0. The van der Waals surface area contributed by atoms with Gasteiger partial charge in [-0.25, -0.2) is 14.2 Å². The number of nitrogens with zero attached hydrogens (tertiary/aromatic N) is 1. The zero-order valence-corrected chi connectivity index (χ0v) is 10.2. The van der Waals surface area contributed by atoms with Gasteiger partial charge in [0.15, 0.2) is 5.69 Å². The van der Waals surface area contributed by atoms with Crippen LogP contribution in [0.4, 0.5) is 4.39 Å². The maximum atomic E-state index is 13.3. The summed E-state index contributed by atoms with van der Waals surface area (Å²) in [7, 11) is 0. The Morgan fingerprint density at radius 3 is 2.88 bits per heavy atom. The van der Waals surface area contributed by atoms with E-state index in [2.05, 4.69) is 20.9 Å². The van der Waals surface area contributed by atoms with Crippen LogP contribution in [0.2, 0.25) is 0 Å². The molecule has 0 saturated heterocycles. The van der Waals surface area contributed by atoms with E-state index >= 15 is 0 Å². The Kier molecular flexibility index (Phi) is 3.02. The summed E-state index contributed by atoms with van der Waals surface area (Å²) in [6.45, 7) is 0. The smallest absolute Gasteiger partial charge is 0.356 e. The van der Waals surface area contributed by atoms with E-state index in [0.717, 1.165) is 0 Å². The van der Waals surface area contributed by atoms with Gasteiger partial charge in [-0.2, -0.15) is 0 Å². The van der Waals surface area contributed by atoms with Crippen molar-refractivity contribution in [3.63, 3.8) is 0 Å². The van der Waals surface area contributed by atoms with E-state index in [1.165, 1.54) is 29.0 Å². The first-order valence-corrected chi connectivity index (χ1v) is 5.89. The normalized spacial score (nSPS) is 10.4. The number of benzene rings is 1. The second-order valence-electron chi connectivity index (χ2n) is 2.96. The van der Waals surface area contributed by atoms with Gasteiger partial charge in [-0.15, -0.1) is 11.3 Å². The maximum absolute atomic E-state index is 13.3. The predicted octanol–water partition coefficient (Wildman–Crippen LogP) is 3.41. The van der Waals surface area contributed by atoms with Crippen LogP contribution >= 0.6 is 27.3 Å². The molecule has 2 aromatic rings. The zero-order chi connectivity index (χ0) is 11.7. The molecule has 0 atom stereocenters. The van der Waals surface area contributed by atoms with E-state index in [-0.39, 0.29) is 5.69 Å². The number of carboxylic acids is 1.